The van der Waals surface area contributed by atoms with E-state index in [9.17, 15) is 27.6 Å². The molecule has 0 unspecified atom stereocenters. The molecule has 1 fully saturated rings. The molecule has 5 rings (SSSR count). The normalized spacial score (nSPS) is 16.2. The molecule has 1 aromatic carbocycles. The van der Waals surface area contributed by atoms with E-state index in [1.807, 2.05) is 18.0 Å². The number of nitrogens with zero attached hydrogens (tertiary/aromatic N) is 6. The van der Waals surface area contributed by atoms with E-state index in [-0.39, 0.29) is 30.3 Å². The highest BCUT2D eigenvalue weighted by molar-refractivity contribution is 6.34. The van der Waals surface area contributed by atoms with Gasteiger partial charge in [0.25, 0.3) is 0 Å². The molecule has 44 heavy (non-hydrogen) atoms. The van der Waals surface area contributed by atoms with Gasteiger partial charge in [-0.15, -0.1) is 0 Å². The molecule has 9 nitrogen and oxygen atoms in total. The highest BCUT2D eigenvalue weighted by Gasteiger charge is 2.41. The molecule has 0 spiro atoms. The minimum atomic E-state index is -4.64. The van der Waals surface area contributed by atoms with Crippen molar-refractivity contribution in [2.24, 2.45) is 0 Å². The fourth-order valence-corrected chi connectivity index (χ4v) is 5.99. The number of aryl methyl sites for hydroxylation is 1. The van der Waals surface area contributed by atoms with Gasteiger partial charge in [0.1, 0.15) is 11.9 Å². The lowest BCUT2D eigenvalue weighted by Gasteiger charge is -2.31. The smallest absolute Gasteiger partial charge is 0.367 e. The van der Waals surface area contributed by atoms with Crippen LogP contribution in [0.2, 0.25) is 5.02 Å². The van der Waals surface area contributed by atoms with Crippen molar-refractivity contribution < 1.29 is 27.6 Å². The molecular weight excluding hydrogens is 597 g/mol. The summed E-state index contributed by atoms with van der Waals surface area (Å²) in [6.45, 7) is 6.16. The highest BCUT2D eigenvalue weighted by atomic mass is 35.5. The van der Waals surface area contributed by atoms with Crippen LogP contribution < -0.4 is 14.7 Å². The lowest BCUT2D eigenvalue weighted by atomic mass is 10.1. The van der Waals surface area contributed by atoms with Crippen LogP contribution in [-0.4, -0.2) is 52.7 Å². The Kier molecular flexibility index (Phi) is 8.39. The van der Waals surface area contributed by atoms with Crippen molar-refractivity contribution in [1.29, 1.82) is 0 Å². The molecule has 2 aliphatic rings. The molecule has 13 heteroatoms. The van der Waals surface area contributed by atoms with Gasteiger partial charge in [-0.25, -0.2) is 4.98 Å². The first-order valence-electron chi connectivity index (χ1n) is 13.8. The molecule has 0 saturated carbocycles. The Morgan fingerprint density at radius 2 is 1.93 bits per heavy atom. The molecular formula is C31H30ClF3N6O3. The lowest BCUT2D eigenvalue weighted by Crippen LogP contribution is -2.46. The van der Waals surface area contributed by atoms with E-state index in [1.54, 1.807) is 36.3 Å². The molecule has 3 amide bonds. The third-order valence-corrected chi connectivity index (χ3v) is 8.08. The predicted molar refractivity (Wildman–Crippen MR) is 160 cm³/mol. The topological polar surface area (TPSA) is 90.0 Å². The van der Waals surface area contributed by atoms with Gasteiger partial charge in [-0.1, -0.05) is 24.2 Å². The second kappa shape index (κ2) is 11.9. The number of hydrogen-bond donors (Lipinski definition) is 0. The Balaban J connectivity index is 1.40. The third kappa shape index (κ3) is 5.99. The number of likely N-dealkylation sites (N-methyl/N-ethyl adjacent to an activating group) is 1. The molecule has 2 aliphatic heterocycles. The second-order valence-corrected chi connectivity index (χ2v) is 11.3. The van der Waals surface area contributed by atoms with Gasteiger partial charge >= 0.3 is 6.18 Å². The van der Waals surface area contributed by atoms with Crippen molar-refractivity contribution in [3.05, 3.63) is 88.4 Å². The van der Waals surface area contributed by atoms with E-state index in [2.05, 4.69) is 16.5 Å². The van der Waals surface area contributed by atoms with Crippen molar-refractivity contribution in [1.82, 2.24) is 14.9 Å². The van der Waals surface area contributed by atoms with Gasteiger partial charge in [0.15, 0.2) is 0 Å². The lowest BCUT2D eigenvalue weighted by molar-refractivity contribution is -0.137. The summed E-state index contributed by atoms with van der Waals surface area (Å²) >= 11 is 6.66. The van der Waals surface area contributed by atoms with Crippen LogP contribution in [0.4, 0.5) is 30.4 Å². The summed E-state index contributed by atoms with van der Waals surface area (Å²) in [6, 6.07) is 7.71. The molecule has 0 bridgehead atoms. The summed E-state index contributed by atoms with van der Waals surface area (Å²) in [5, 5.41) is 0.371. The summed E-state index contributed by atoms with van der Waals surface area (Å²) in [7, 11) is 3.35. The largest absolute Gasteiger partial charge is 0.416 e. The van der Waals surface area contributed by atoms with Gasteiger partial charge in [0, 0.05) is 45.5 Å². The Morgan fingerprint density at radius 1 is 1.18 bits per heavy atom. The van der Waals surface area contributed by atoms with E-state index in [0.29, 0.717) is 36.0 Å². The van der Waals surface area contributed by atoms with Gasteiger partial charge in [0.05, 0.1) is 34.2 Å². The van der Waals surface area contributed by atoms with Gasteiger partial charge in [-0.05, 0) is 60.9 Å². The third-order valence-electron chi connectivity index (χ3n) is 7.77. The maximum atomic E-state index is 13.9. The maximum absolute atomic E-state index is 13.9. The van der Waals surface area contributed by atoms with Gasteiger partial charge in [-0.2, -0.15) is 13.2 Å². The summed E-state index contributed by atoms with van der Waals surface area (Å²) < 4.78 is 40.6. The molecule has 0 N–H and O–H groups in total. The number of rotatable bonds is 7. The summed E-state index contributed by atoms with van der Waals surface area (Å²) in [5.74, 6) is -1.36. The highest BCUT2D eigenvalue weighted by Crippen LogP contribution is 2.39. The number of carbonyl (C=O) groups excluding carboxylic acids is 3. The van der Waals surface area contributed by atoms with Crippen LogP contribution in [0.15, 0.2) is 55.3 Å². The molecule has 230 valence electrons. The summed E-state index contributed by atoms with van der Waals surface area (Å²) in [4.78, 5) is 53.5. The molecule has 1 saturated heterocycles. The molecule has 1 atom stereocenters. The number of pyridine rings is 2. The Morgan fingerprint density at radius 3 is 2.64 bits per heavy atom. The van der Waals surface area contributed by atoms with Gasteiger partial charge < -0.3 is 14.7 Å². The number of fused-ring (bicyclic) bond motifs is 1. The first-order chi connectivity index (χ1) is 20.8. The average molecular weight is 627 g/mol. The average Bonchev–Trinajstić information content (AvgIpc) is 3.58. The standard InChI is InChI=1S/C31H30ClF3N6O3/c1-5-27(42)40-16-20-12-19(14-36-23(20)17-40)15-38(3)29-22(32)7-6-8-24(29)39(4)30(44)25-9-10-28(43)41(25)26-13-21(31(33,34)35)11-18(2)37-26/h5-8,11-14,25H,1,9-10,15-17H2,2-4H3/t25-/m0/s1. The first-order valence-corrected chi connectivity index (χ1v) is 14.2. The number of para-hydroxylation sites is 1. The molecule has 0 aliphatic carbocycles. The fraction of sp³-hybridized carbons (Fsp3) is 0.323. The van der Waals surface area contributed by atoms with E-state index in [4.69, 9.17) is 11.6 Å². The van der Waals surface area contributed by atoms with Crippen LogP contribution in [0.25, 0.3) is 0 Å². The Hall–Kier alpha value is -4.45. The quantitative estimate of drug-likeness (QED) is 0.332. The number of hydrogen-bond acceptors (Lipinski definition) is 6. The maximum Gasteiger partial charge on any atom is 0.416 e. The number of amides is 3. The van der Waals surface area contributed by atoms with Crippen LogP contribution in [0, 0.1) is 6.92 Å². The minimum absolute atomic E-state index is 0.00925. The van der Waals surface area contributed by atoms with Crippen LogP contribution >= 0.6 is 11.6 Å². The van der Waals surface area contributed by atoms with E-state index in [0.717, 1.165) is 33.9 Å². The van der Waals surface area contributed by atoms with Crippen LogP contribution in [-0.2, 0) is 40.2 Å². The van der Waals surface area contributed by atoms with Crippen LogP contribution in [0.5, 0.6) is 0 Å². The molecule has 2 aromatic heterocycles. The number of halogens is 4. The molecule has 3 aromatic rings. The zero-order chi connectivity index (χ0) is 31.9. The van der Waals surface area contributed by atoms with E-state index < -0.39 is 29.6 Å². The first kappa shape index (κ1) is 31.0. The number of aromatic nitrogens is 2. The number of carbonyl (C=O) groups is 3. The minimum Gasteiger partial charge on any atom is -0.367 e. The van der Waals surface area contributed by atoms with Crippen LogP contribution in [0.3, 0.4) is 0 Å². The zero-order valence-electron chi connectivity index (χ0n) is 24.4. The Bertz CT molecular complexity index is 1660. The molecule has 0 radical (unpaired) electrons. The summed E-state index contributed by atoms with van der Waals surface area (Å²) in [6.07, 6.45) is -1.52. The van der Waals surface area contributed by atoms with Crippen molar-refractivity contribution in [3.63, 3.8) is 0 Å². The van der Waals surface area contributed by atoms with Gasteiger partial charge in [0.2, 0.25) is 17.7 Å². The van der Waals surface area contributed by atoms with E-state index >= 15 is 0 Å². The van der Waals surface area contributed by atoms with Crippen molar-refractivity contribution in [3.8, 4) is 0 Å². The number of benzene rings is 1. The monoisotopic (exact) mass is 626 g/mol. The second-order valence-electron chi connectivity index (χ2n) is 10.9. The summed E-state index contributed by atoms with van der Waals surface area (Å²) in [5.41, 5.74) is 2.73. The number of alkyl halides is 3. The zero-order valence-corrected chi connectivity index (χ0v) is 25.1. The van der Waals surface area contributed by atoms with Crippen molar-refractivity contribution in [2.75, 3.05) is 28.8 Å². The predicted octanol–water partition coefficient (Wildman–Crippen LogP) is 5.28. The van der Waals surface area contributed by atoms with Crippen molar-refractivity contribution in [2.45, 2.75) is 51.6 Å². The Labute approximate surface area is 257 Å². The van der Waals surface area contributed by atoms with Crippen molar-refractivity contribution >= 4 is 46.5 Å². The van der Waals surface area contributed by atoms with E-state index in [1.165, 1.54) is 17.9 Å². The molecule has 4 heterocycles. The fourth-order valence-electron chi connectivity index (χ4n) is 5.67. The number of anilines is 3. The van der Waals surface area contributed by atoms with Gasteiger partial charge in [-0.3, -0.25) is 24.3 Å². The SMILES string of the molecule is C=CC(=O)N1Cc2cc(CN(C)c3c(Cl)cccc3N(C)C(=O)[C@@H]3CCC(=O)N3c3cc(C(F)(F)F)cc(C)n3)cnc2C1. The van der Waals surface area contributed by atoms with Crippen LogP contribution in [0.1, 0.15) is 40.9 Å².